The number of hydrogen-bond donors (Lipinski definition) is 2. The van der Waals surface area contributed by atoms with Gasteiger partial charge in [-0.05, 0) is 72.1 Å². The van der Waals surface area contributed by atoms with Gasteiger partial charge in [0.05, 0.1) is 6.42 Å². The lowest BCUT2D eigenvalue weighted by molar-refractivity contribution is -0.116. The van der Waals surface area contributed by atoms with Crippen molar-refractivity contribution in [2.75, 3.05) is 10.6 Å². The Kier molecular flexibility index (Phi) is 8.70. The van der Waals surface area contributed by atoms with Crippen LogP contribution in [0.15, 0.2) is 102 Å². The number of carbonyl (C=O) groups excluding carboxylic acids is 2. The van der Waals surface area contributed by atoms with Crippen molar-refractivity contribution in [3.63, 3.8) is 0 Å². The summed E-state index contributed by atoms with van der Waals surface area (Å²) in [6, 6.07) is 29.8. The van der Waals surface area contributed by atoms with Crippen LogP contribution in [0.4, 0.5) is 11.4 Å². The third-order valence-corrected chi connectivity index (χ3v) is 7.38. The van der Waals surface area contributed by atoms with E-state index in [-0.39, 0.29) is 18.2 Å². The molecule has 2 amide bonds. The molecule has 4 nitrogen and oxygen atoms in total. The van der Waals surface area contributed by atoms with E-state index in [1.54, 1.807) is 18.2 Å². The van der Waals surface area contributed by atoms with Crippen LogP contribution < -0.4 is 10.6 Å². The molecule has 1 atom stereocenters. The predicted molar refractivity (Wildman–Crippen MR) is 150 cm³/mol. The van der Waals surface area contributed by atoms with Crippen LogP contribution in [0.5, 0.6) is 0 Å². The van der Waals surface area contributed by atoms with Crippen molar-refractivity contribution in [1.82, 2.24) is 0 Å². The van der Waals surface area contributed by atoms with Gasteiger partial charge in [-0.15, -0.1) is 11.8 Å². The Morgan fingerprint density at radius 1 is 0.806 bits per heavy atom. The third-order valence-electron chi connectivity index (χ3n) is 5.45. The van der Waals surface area contributed by atoms with Gasteiger partial charge in [-0.2, -0.15) is 0 Å². The average Bonchev–Trinajstić information content (AvgIpc) is 2.87. The molecule has 36 heavy (non-hydrogen) atoms. The van der Waals surface area contributed by atoms with Gasteiger partial charge in [0.2, 0.25) is 11.8 Å². The maximum atomic E-state index is 13.3. The first-order valence-electron chi connectivity index (χ1n) is 11.3. The molecule has 0 aliphatic heterocycles. The molecule has 1 unspecified atom stereocenters. The van der Waals surface area contributed by atoms with E-state index < -0.39 is 5.25 Å². The fourth-order valence-electron chi connectivity index (χ4n) is 3.52. The first-order valence-corrected chi connectivity index (χ1v) is 12.9. The second kappa shape index (κ2) is 12.1. The Bertz CT molecular complexity index is 1340. The monoisotopic (exact) mass is 534 g/mol. The van der Waals surface area contributed by atoms with Crippen molar-refractivity contribution in [2.24, 2.45) is 0 Å². The minimum atomic E-state index is -0.475. The van der Waals surface area contributed by atoms with Crippen molar-refractivity contribution in [3.8, 4) is 0 Å². The SMILES string of the molecule is Cc1ccc(NC(=O)C(Sc2ccc(NC(=O)Cc3ccc(Cl)cc3)cc2)c2ccccc2)cc1Cl. The summed E-state index contributed by atoms with van der Waals surface area (Å²) in [6.45, 7) is 1.92. The number of nitrogens with one attached hydrogen (secondary N) is 2. The molecule has 182 valence electrons. The molecule has 2 N–H and O–H groups in total. The number of aryl methyl sites for hydroxylation is 1. The van der Waals surface area contributed by atoms with Crippen LogP contribution >= 0.6 is 35.0 Å². The summed E-state index contributed by atoms with van der Waals surface area (Å²) >= 11 is 13.6. The number of benzene rings is 4. The van der Waals surface area contributed by atoms with Crippen LogP contribution in [0.1, 0.15) is 21.9 Å². The molecular formula is C29H24Cl2N2O2S. The maximum Gasteiger partial charge on any atom is 0.242 e. The fourth-order valence-corrected chi connectivity index (χ4v) is 4.86. The molecule has 0 spiro atoms. The Balaban J connectivity index is 1.44. The van der Waals surface area contributed by atoms with Gasteiger partial charge in [0.15, 0.2) is 0 Å². The van der Waals surface area contributed by atoms with Gasteiger partial charge in [-0.3, -0.25) is 9.59 Å². The van der Waals surface area contributed by atoms with Gasteiger partial charge < -0.3 is 10.6 Å². The quantitative estimate of drug-likeness (QED) is 0.225. The molecule has 0 bridgehead atoms. The van der Waals surface area contributed by atoms with Crippen molar-refractivity contribution in [1.29, 1.82) is 0 Å². The van der Waals surface area contributed by atoms with Crippen molar-refractivity contribution in [2.45, 2.75) is 23.5 Å². The van der Waals surface area contributed by atoms with E-state index in [0.29, 0.717) is 21.4 Å². The molecular weight excluding hydrogens is 511 g/mol. The van der Waals surface area contributed by atoms with Crippen LogP contribution in [0, 0.1) is 6.92 Å². The Labute approximate surface area is 225 Å². The standard InChI is InChI=1S/C29H24Cl2N2O2S/c1-19-7-12-24(18-26(19)31)33-29(35)28(21-5-3-2-4-6-21)36-25-15-13-23(14-16-25)32-27(34)17-20-8-10-22(30)11-9-20/h2-16,18,28H,17H2,1H3,(H,32,34)(H,33,35). The molecule has 7 heteroatoms. The van der Waals surface area contributed by atoms with E-state index in [1.165, 1.54) is 11.8 Å². The number of anilines is 2. The molecule has 0 saturated carbocycles. The number of rotatable bonds is 8. The Morgan fingerprint density at radius 3 is 2.14 bits per heavy atom. The van der Waals surface area contributed by atoms with E-state index in [9.17, 15) is 9.59 Å². The molecule has 0 radical (unpaired) electrons. The molecule has 0 aromatic heterocycles. The second-order valence-corrected chi connectivity index (χ2v) is 10.3. The second-order valence-electron chi connectivity index (χ2n) is 8.24. The molecule has 4 rings (SSSR count). The molecule has 4 aromatic carbocycles. The van der Waals surface area contributed by atoms with Crippen LogP contribution in [0.25, 0.3) is 0 Å². The lowest BCUT2D eigenvalue weighted by atomic mass is 10.1. The summed E-state index contributed by atoms with van der Waals surface area (Å²) in [7, 11) is 0. The predicted octanol–water partition coefficient (Wildman–Crippen LogP) is 7.96. The van der Waals surface area contributed by atoms with Crippen LogP contribution in [0.3, 0.4) is 0 Å². The highest BCUT2D eigenvalue weighted by Crippen LogP contribution is 2.37. The van der Waals surface area contributed by atoms with E-state index >= 15 is 0 Å². The van der Waals surface area contributed by atoms with Crippen LogP contribution in [0.2, 0.25) is 10.0 Å². The van der Waals surface area contributed by atoms with Gasteiger partial charge in [0.25, 0.3) is 0 Å². The first kappa shape index (κ1) is 25.8. The summed E-state index contributed by atoms with van der Waals surface area (Å²) in [4.78, 5) is 26.6. The average molecular weight is 535 g/mol. The van der Waals surface area contributed by atoms with E-state index in [1.807, 2.05) is 85.8 Å². The van der Waals surface area contributed by atoms with Gasteiger partial charge in [-0.1, -0.05) is 71.7 Å². The molecule has 0 fully saturated rings. The summed E-state index contributed by atoms with van der Waals surface area (Å²) in [6.07, 6.45) is 0.257. The third kappa shape index (κ3) is 7.14. The van der Waals surface area contributed by atoms with E-state index in [0.717, 1.165) is 21.6 Å². The first-order chi connectivity index (χ1) is 17.4. The summed E-state index contributed by atoms with van der Waals surface area (Å²) in [5.74, 6) is -0.262. The van der Waals surface area contributed by atoms with Gasteiger partial charge in [0, 0.05) is 26.3 Å². The maximum absolute atomic E-state index is 13.3. The highest BCUT2D eigenvalue weighted by atomic mass is 35.5. The number of carbonyl (C=O) groups is 2. The van der Waals surface area contributed by atoms with Crippen LogP contribution in [-0.2, 0) is 16.0 Å². The number of thioether (sulfide) groups is 1. The summed E-state index contributed by atoms with van der Waals surface area (Å²) in [5.41, 5.74) is 4.06. The lowest BCUT2D eigenvalue weighted by Gasteiger charge is -2.18. The van der Waals surface area contributed by atoms with Gasteiger partial charge in [-0.25, -0.2) is 0 Å². The minimum absolute atomic E-state index is 0.115. The number of halogens is 2. The summed E-state index contributed by atoms with van der Waals surface area (Å²) in [5, 5.41) is 6.66. The Morgan fingerprint density at radius 2 is 1.47 bits per heavy atom. The lowest BCUT2D eigenvalue weighted by Crippen LogP contribution is -2.19. The van der Waals surface area contributed by atoms with Crippen molar-refractivity contribution < 1.29 is 9.59 Å². The van der Waals surface area contributed by atoms with E-state index in [2.05, 4.69) is 10.6 Å². The molecule has 4 aromatic rings. The van der Waals surface area contributed by atoms with Gasteiger partial charge >= 0.3 is 0 Å². The molecule has 0 aliphatic rings. The van der Waals surface area contributed by atoms with Crippen LogP contribution in [-0.4, -0.2) is 11.8 Å². The molecule has 0 aliphatic carbocycles. The van der Waals surface area contributed by atoms with E-state index in [4.69, 9.17) is 23.2 Å². The van der Waals surface area contributed by atoms with Gasteiger partial charge in [0.1, 0.15) is 5.25 Å². The summed E-state index contributed by atoms with van der Waals surface area (Å²) < 4.78 is 0. The topological polar surface area (TPSA) is 58.2 Å². The molecule has 0 heterocycles. The van der Waals surface area contributed by atoms with Crippen molar-refractivity contribution >= 4 is 58.2 Å². The fraction of sp³-hybridized carbons (Fsp3) is 0.103. The minimum Gasteiger partial charge on any atom is -0.326 e. The highest BCUT2D eigenvalue weighted by Gasteiger charge is 2.22. The largest absolute Gasteiger partial charge is 0.326 e. The Hall–Kier alpha value is -3.25. The number of hydrogen-bond acceptors (Lipinski definition) is 3. The zero-order valence-electron chi connectivity index (χ0n) is 19.5. The molecule has 0 saturated heterocycles. The zero-order chi connectivity index (χ0) is 25.5. The zero-order valence-corrected chi connectivity index (χ0v) is 21.8. The normalized spacial score (nSPS) is 11.5. The smallest absolute Gasteiger partial charge is 0.242 e. The highest BCUT2D eigenvalue weighted by molar-refractivity contribution is 8.00. The van der Waals surface area contributed by atoms with Crippen molar-refractivity contribution in [3.05, 3.63) is 124 Å². The number of amides is 2.